The Hall–Kier alpha value is -2.81. The molecule has 1 N–H and O–H groups in total. The third-order valence-corrected chi connectivity index (χ3v) is 5.52. The highest BCUT2D eigenvalue weighted by Crippen LogP contribution is 2.19. The van der Waals surface area contributed by atoms with Crippen molar-refractivity contribution in [3.05, 3.63) is 35.9 Å². The molecular weight excluding hydrogens is 394 g/mol. The fourth-order valence-electron chi connectivity index (χ4n) is 3.08. The number of Topliss-reactive ketones (excluding diaryl/α,β-unsaturated/α-hetero) is 3. The first-order chi connectivity index (χ1) is 14.5. The first-order valence-corrected chi connectivity index (χ1v) is 10.6. The molecule has 0 heterocycles. The third-order valence-electron chi connectivity index (χ3n) is 5.52. The summed E-state index contributed by atoms with van der Waals surface area (Å²) in [5.74, 6) is -1.50. The maximum absolute atomic E-state index is 11.2. The molecule has 0 saturated carbocycles. The quantitative estimate of drug-likeness (QED) is 0.517. The minimum atomic E-state index is -0.832. The molecule has 0 aliphatic heterocycles. The topological polar surface area (TPSA) is 112 Å². The van der Waals surface area contributed by atoms with Gasteiger partial charge in [0.05, 0.1) is 12.0 Å². The van der Waals surface area contributed by atoms with Crippen LogP contribution < -0.4 is 0 Å². The van der Waals surface area contributed by atoms with E-state index in [1.165, 1.54) is 20.8 Å². The number of carbonyl (C=O) groups is 4. The normalized spacial score (nSPS) is 14.1. The summed E-state index contributed by atoms with van der Waals surface area (Å²) in [5, 5.41) is 17.6. The van der Waals surface area contributed by atoms with E-state index in [2.05, 4.69) is 0 Å². The van der Waals surface area contributed by atoms with Gasteiger partial charge >= 0.3 is 5.97 Å². The van der Waals surface area contributed by atoms with Gasteiger partial charge in [0.15, 0.2) is 0 Å². The van der Waals surface area contributed by atoms with Crippen LogP contribution in [0.1, 0.15) is 65.9 Å². The molecule has 0 spiro atoms. The van der Waals surface area contributed by atoms with Crippen LogP contribution in [0.25, 0.3) is 0 Å². The van der Waals surface area contributed by atoms with Crippen LogP contribution in [0.4, 0.5) is 0 Å². The molecule has 31 heavy (non-hydrogen) atoms. The number of hydrogen-bond acceptors (Lipinski definition) is 5. The molecule has 1 aromatic rings. The van der Waals surface area contributed by atoms with Crippen molar-refractivity contribution in [2.75, 3.05) is 0 Å². The number of hydrogen-bond donors (Lipinski definition) is 1. The molecule has 1 rings (SSSR count). The third kappa shape index (κ3) is 12.5. The average molecular weight is 430 g/mol. The summed E-state index contributed by atoms with van der Waals surface area (Å²) in [6, 6.07) is 11.5. The summed E-state index contributed by atoms with van der Waals surface area (Å²) < 4.78 is 0. The van der Waals surface area contributed by atoms with Crippen molar-refractivity contribution in [3.8, 4) is 6.07 Å². The maximum Gasteiger partial charge on any atom is 0.306 e. The van der Waals surface area contributed by atoms with Crippen LogP contribution in [-0.4, -0.2) is 28.4 Å². The Balaban J connectivity index is 0.000000594. The average Bonchev–Trinajstić information content (AvgIpc) is 2.71. The van der Waals surface area contributed by atoms with Crippen molar-refractivity contribution < 1.29 is 24.3 Å². The minimum Gasteiger partial charge on any atom is -0.481 e. The molecule has 170 valence electrons. The summed E-state index contributed by atoms with van der Waals surface area (Å²) >= 11 is 0. The smallest absolute Gasteiger partial charge is 0.306 e. The number of nitrogens with zero attached hydrogens (tertiary/aromatic N) is 1. The molecule has 6 heteroatoms. The number of rotatable bonds is 12. The molecule has 0 aliphatic rings. The van der Waals surface area contributed by atoms with Crippen LogP contribution in [-0.2, 0) is 25.6 Å². The highest BCUT2D eigenvalue weighted by atomic mass is 16.4. The van der Waals surface area contributed by atoms with Crippen LogP contribution in [0.15, 0.2) is 30.3 Å². The van der Waals surface area contributed by atoms with E-state index in [9.17, 15) is 19.2 Å². The van der Waals surface area contributed by atoms with Crippen LogP contribution in [0.2, 0.25) is 0 Å². The monoisotopic (exact) mass is 429 g/mol. The zero-order valence-corrected chi connectivity index (χ0v) is 19.3. The van der Waals surface area contributed by atoms with Crippen LogP contribution in [0.3, 0.4) is 0 Å². The molecule has 0 aliphatic carbocycles. The van der Waals surface area contributed by atoms with Gasteiger partial charge in [0.2, 0.25) is 0 Å². The Morgan fingerprint density at radius 1 is 0.871 bits per heavy atom. The SMILES string of the molecule is CC(=O)C(C)CC(CCC#N)C(C)=O.CC(=O)C(C)CC(Cc1ccccc1)C(=O)O. The van der Waals surface area contributed by atoms with E-state index >= 15 is 0 Å². The highest BCUT2D eigenvalue weighted by Gasteiger charge is 2.22. The number of ketones is 3. The van der Waals surface area contributed by atoms with Gasteiger partial charge in [0, 0.05) is 24.2 Å². The Bertz CT molecular complexity index is 766. The van der Waals surface area contributed by atoms with Gasteiger partial charge in [-0.2, -0.15) is 5.26 Å². The van der Waals surface area contributed by atoms with Crippen molar-refractivity contribution in [2.45, 2.75) is 66.7 Å². The van der Waals surface area contributed by atoms with E-state index in [0.717, 1.165) is 5.56 Å². The molecule has 0 fully saturated rings. The van der Waals surface area contributed by atoms with Crippen LogP contribution in [0.5, 0.6) is 0 Å². The molecule has 0 amide bonds. The lowest BCUT2D eigenvalue weighted by atomic mass is 9.88. The lowest BCUT2D eigenvalue weighted by Gasteiger charge is -2.15. The van der Waals surface area contributed by atoms with Crippen molar-refractivity contribution in [1.82, 2.24) is 0 Å². The maximum atomic E-state index is 11.2. The second-order valence-electron chi connectivity index (χ2n) is 8.22. The van der Waals surface area contributed by atoms with E-state index in [1.54, 1.807) is 6.92 Å². The fourth-order valence-corrected chi connectivity index (χ4v) is 3.08. The van der Waals surface area contributed by atoms with Crippen LogP contribution >= 0.6 is 0 Å². The van der Waals surface area contributed by atoms with E-state index in [1.807, 2.05) is 43.3 Å². The summed E-state index contributed by atoms with van der Waals surface area (Å²) in [5.41, 5.74) is 0.996. The van der Waals surface area contributed by atoms with Gasteiger partial charge in [0.25, 0.3) is 0 Å². The second kappa shape index (κ2) is 15.1. The first kappa shape index (κ1) is 28.2. The zero-order chi connectivity index (χ0) is 24.0. The van der Waals surface area contributed by atoms with Gasteiger partial charge in [-0.05, 0) is 52.0 Å². The standard InChI is InChI=1S/C14H18O3.C11H17NO2/c1-10(11(2)15)8-13(14(16)17)9-12-6-4-3-5-7-12;1-8(9(2)13)7-11(10(3)14)5-4-6-12/h3-7,10,13H,8-9H2,1-2H3,(H,16,17);8,11H,4-5,7H2,1-3H3. The Morgan fingerprint density at radius 3 is 1.74 bits per heavy atom. The van der Waals surface area contributed by atoms with Gasteiger partial charge in [-0.3, -0.25) is 19.2 Å². The zero-order valence-electron chi connectivity index (χ0n) is 19.3. The number of carbonyl (C=O) groups excluding carboxylic acids is 3. The molecule has 6 nitrogen and oxygen atoms in total. The lowest BCUT2D eigenvalue weighted by molar-refractivity contribution is -0.142. The van der Waals surface area contributed by atoms with E-state index in [-0.39, 0.29) is 35.1 Å². The molecule has 0 saturated heterocycles. The number of nitriles is 1. The Labute approximate surface area is 185 Å². The molecule has 4 atom stereocenters. The van der Waals surface area contributed by atoms with E-state index < -0.39 is 11.9 Å². The van der Waals surface area contributed by atoms with Crippen molar-refractivity contribution >= 4 is 23.3 Å². The Morgan fingerprint density at radius 2 is 1.35 bits per heavy atom. The summed E-state index contributed by atoms with van der Waals surface area (Å²) in [6.07, 6.45) is 2.41. The molecular formula is C25H35NO5. The number of aliphatic carboxylic acids is 1. The molecule has 0 bridgehead atoms. The summed E-state index contributed by atoms with van der Waals surface area (Å²) in [4.78, 5) is 44.5. The summed E-state index contributed by atoms with van der Waals surface area (Å²) in [6.45, 7) is 8.17. The fraction of sp³-hybridized carbons (Fsp3) is 0.560. The number of carboxylic acid groups (broad SMARTS) is 1. The number of benzene rings is 1. The molecule has 1 aromatic carbocycles. The van der Waals surface area contributed by atoms with Gasteiger partial charge in [-0.25, -0.2) is 0 Å². The molecule has 0 radical (unpaired) electrons. The largest absolute Gasteiger partial charge is 0.481 e. The molecule has 0 aromatic heterocycles. The van der Waals surface area contributed by atoms with Gasteiger partial charge < -0.3 is 5.11 Å². The predicted octanol–water partition coefficient (Wildman–Crippen LogP) is 4.66. The lowest BCUT2D eigenvalue weighted by Crippen LogP contribution is -2.22. The molecule has 4 unspecified atom stereocenters. The van der Waals surface area contributed by atoms with E-state index in [4.69, 9.17) is 10.4 Å². The van der Waals surface area contributed by atoms with Gasteiger partial charge in [-0.1, -0.05) is 44.2 Å². The first-order valence-electron chi connectivity index (χ1n) is 10.6. The van der Waals surface area contributed by atoms with E-state index in [0.29, 0.717) is 32.1 Å². The van der Waals surface area contributed by atoms with Crippen molar-refractivity contribution in [1.29, 1.82) is 5.26 Å². The summed E-state index contributed by atoms with van der Waals surface area (Å²) in [7, 11) is 0. The second-order valence-corrected chi connectivity index (χ2v) is 8.22. The highest BCUT2D eigenvalue weighted by molar-refractivity contribution is 5.81. The van der Waals surface area contributed by atoms with Gasteiger partial charge in [0.1, 0.15) is 17.3 Å². The van der Waals surface area contributed by atoms with Gasteiger partial charge in [-0.15, -0.1) is 0 Å². The number of carboxylic acids is 1. The Kier molecular flexibility index (Phi) is 13.7. The van der Waals surface area contributed by atoms with Crippen LogP contribution in [0, 0.1) is 35.0 Å². The van der Waals surface area contributed by atoms with Crippen molar-refractivity contribution in [2.24, 2.45) is 23.7 Å². The van der Waals surface area contributed by atoms with Crippen molar-refractivity contribution in [3.63, 3.8) is 0 Å². The predicted molar refractivity (Wildman–Crippen MR) is 119 cm³/mol. The minimum absolute atomic E-state index is 0.0457.